The minimum atomic E-state index is 0.929. The fraction of sp³-hybridized carbons (Fsp3) is 0. The number of benzene rings is 6. The van der Waals surface area contributed by atoms with Gasteiger partial charge in [-0.3, -0.25) is 19.9 Å². The molecule has 5 aromatic heterocycles. The molecule has 0 spiro atoms. The quantitative estimate of drug-likeness (QED) is 0.142. The van der Waals surface area contributed by atoms with E-state index in [1.165, 1.54) is 0 Å². The van der Waals surface area contributed by atoms with Crippen LogP contribution >= 0.6 is 0 Å². The van der Waals surface area contributed by atoms with Gasteiger partial charge in [-0.1, -0.05) is 121 Å². The molecule has 0 fully saturated rings. The number of fused-ring (bicyclic) bond motifs is 5. The van der Waals surface area contributed by atoms with Crippen LogP contribution in [0.15, 0.2) is 255 Å². The Bertz CT molecular complexity index is 3930. The monoisotopic (exact) mass is 880 g/mol. The summed E-state index contributed by atoms with van der Waals surface area (Å²) in [6, 6.07) is 70.3. The average Bonchev–Trinajstić information content (AvgIpc) is 3.64. The molecule has 0 saturated heterocycles. The maximum absolute atomic E-state index is 5.00. The second kappa shape index (κ2) is 16.7. The lowest BCUT2D eigenvalue weighted by molar-refractivity contribution is 1.15. The van der Waals surface area contributed by atoms with E-state index < -0.39 is 0 Å². The Morgan fingerprint density at radius 3 is 1.59 bits per heavy atom. The number of hydrogen-bond donors (Lipinski definition) is 0. The van der Waals surface area contributed by atoms with Crippen LogP contribution in [0.1, 0.15) is 11.1 Å². The molecule has 0 radical (unpaired) electrons. The number of pyridine rings is 4. The third kappa shape index (κ3) is 6.99. The van der Waals surface area contributed by atoms with E-state index in [0.717, 1.165) is 123 Å². The van der Waals surface area contributed by atoms with E-state index in [9.17, 15) is 0 Å². The molecule has 6 heteroatoms. The normalized spacial score (nSPS) is 12.9. The molecule has 6 heterocycles. The molecule has 1 aliphatic heterocycles. The van der Waals surface area contributed by atoms with Crippen molar-refractivity contribution in [1.82, 2.24) is 24.5 Å². The third-order valence-corrected chi connectivity index (χ3v) is 13.2. The molecule has 0 N–H and O–H groups in total. The van der Waals surface area contributed by atoms with Crippen LogP contribution in [0, 0.1) is 0 Å². The standard InChI is InChI=1S/C63H40N6/c1-4-20-52(57-23-7-10-33-64-57)49(17-1)42-27-30-48-38-45(37-42)55-39-43(50-18-2-5-21-53(50)58-24-8-11-34-65-58)28-31-60(55)68(48)46-15-13-16-47(41-46)69-61-32-29-44(40-56(61)63-62(69)26-14-36-67-63)51-19-3-6-22-54(51)59-25-9-12-35-66-59/h1-37,39-41H. The van der Waals surface area contributed by atoms with E-state index in [1.807, 2.05) is 67.3 Å². The second-order valence-electron chi connectivity index (χ2n) is 17.2. The molecule has 13 rings (SSSR count). The van der Waals surface area contributed by atoms with Crippen LogP contribution in [0.25, 0.3) is 94.8 Å². The number of aromatic nitrogens is 5. The van der Waals surface area contributed by atoms with Crippen LogP contribution in [0.2, 0.25) is 0 Å². The number of nitrogens with zero attached hydrogens (tertiary/aromatic N) is 6. The first-order valence-corrected chi connectivity index (χ1v) is 23.1. The second-order valence-corrected chi connectivity index (χ2v) is 17.2. The fourth-order valence-corrected chi connectivity index (χ4v) is 10.0. The first-order valence-electron chi connectivity index (χ1n) is 23.1. The maximum Gasteiger partial charge on any atom is 0.0963 e. The Morgan fingerprint density at radius 2 is 0.942 bits per heavy atom. The molecule has 0 amide bonds. The van der Waals surface area contributed by atoms with Crippen molar-refractivity contribution in [2.45, 2.75) is 0 Å². The van der Waals surface area contributed by atoms with E-state index in [0.29, 0.717) is 0 Å². The SMILES string of the molecule is C1=C2C=C(c3ccccc3-c3ccccn3)C=CC=1N(c1cccc(-n3c4ccc(-c5ccccc5-c5ccccn5)cc4c4ncccc43)c1)c1ccc(-c3ccccc3-c3ccccn3)cc12. The first kappa shape index (κ1) is 39.8. The molecule has 6 aromatic carbocycles. The molecule has 2 bridgehead atoms. The predicted octanol–water partition coefficient (Wildman–Crippen LogP) is 15.4. The average molecular weight is 881 g/mol. The lowest BCUT2D eigenvalue weighted by Crippen LogP contribution is -2.18. The van der Waals surface area contributed by atoms with Crippen LogP contribution in [-0.2, 0) is 0 Å². The van der Waals surface area contributed by atoms with Gasteiger partial charge in [-0.2, -0.15) is 0 Å². The van der Waals surface area contributed by atoms with Crippen LogP contribution in [0.3, 0.4) is 0 Å². The van der Waals surface area contributed by atoms with Crippen LogP contribution in [-0.4, -0.2) is 24.5 Å². The largest absolute Gasteiger partial charge is 0.308 e. The van der Waals surface area contributed by atoms with Gasteiger partial charge >= 0.3 is 0 Å². The molecular weight excluding hydrogens is 841 g/mol. The Balaban J connectivity index is 0.965. The van der Waals surface area contributed by atoms with Crippen molar-refractivity contribution < 1.29 is 0 Å². The summed E-state index contributed by atoms with van der Waals surface area (Å²) in [6.07, 6.45) is 14.1. The number of hydrogen-bond acceptors (Lipinski definition) is 5. The topological polar surface area (TPSA) is 59.7 Å². The van der Waals surface area contributed by atoms with Crippen molar-refractivity contribution in [3.8, 4) is 61.7 Å². The highest BCUT2D eigenvalue weighted by atomic mass is 15.2. The van der Waals surface area contributed by atoms with Crippen LogP contribution in [0.4, 0.5) is 11.4 Å². The molecular formula is C63H40N6. The van der Waals surface area contributed by atoms with E-state index in [1.54, 1.807) is 0 Å². The zero-order chi connectivity index (χ0) is 45.7. The molecule has 0 saturated carbocycles. The van der Waals surface area contributed by atoms with Gasteiger partial charge in [0.2, 0.25) is 0 Å². The summed E-state index contributed by atoms with van der Waals surface area (Å²) in [5, 5.41) is 1.08. The van der Waals surface area contributed by atoms with Crippen molar-refractivity contribution in [2.75, 3.05) is 4.90 Å². The van der Waals surface area contributed by atoms with Crippen LogP contribution < -0.4 is 4.90 Å². The van der Waals surface area contributed by atoms with E-state index in [4.69, 9.17) is 19.9 Å². The zero-order valence-corrected chi connectivity index (χ0v) is 37.3. The predicted molar refractivity (Wildman–Crippen MR) is 282 cm³/mol. The molecule has 6 nitrogen and oxygen atoms in total. The molecule has 322 valence electrons. The fourth-order valence-electron chi connectivity index (χ4n) is 10.0. The van der Waals surface area contributed by atoms with Gasteiger partial charge in [0, 0.05) is 69.4 Å². The third-order valence-electron chi connectivity index (χ3n) is 13.2. The van der Waals surface area contributed by atoms with Gasteiger partial charge in [-0.25, -0.2) is 0 Å². The Hall–Kier alpha value is -9.48. The summed E-state index contributed by atoms with van der Waals surface area (Å²) >= 11 is 0. The van der Waals surface area contributed by atoms with E-state index in [-0.39, 0.29) is 0 Å². The Kier molecular flexibility index (Phi) is 9.67. The molecule has 0 unspecified atom stereocenters. The maximum atomic E-state index is 5.00. The van der Waals surface area contributed by atoms with Gasteiger partial charge in [-0.15, -0.1) is 0 Å². The first-order chi connectivity index (χ1) is 34.2. The highest BCUT2D eigenvalue weighted by Gasteiger charge is 2.27. The van der Waals surface area contributed by atoms with Crippen molar-refractivity contribution in [3.05, 3.63) is 266 Å². The highest BCUT2D eigenvalue weighted by Crippen LogP contribution is 2.46. The summed E-state index contributed by atoms with van der Waals surface area (Å²) < 4.78 is 2.34. The minimum absolute atomic E-state index is 0.929. The summed E-state index contributed by atoms with van der Waals surface area (Å²) in [6.45, 7) is 0. The molecule has 1 aliphatic carbocycles. The summed E-state index contributed by atoms with van der Waals surface area (Å²) in [4.78, 5) is 21.6. The van der Waals surface area contributed by atoms with Crippen LogP contribution in [0.5, 0.6) is 0 Å². The molecule has 0 atom stereocenters. The summed E-state index contributed by atoms with van der Waals surface area (Å²) in [5.41, 5.74) is 25.8. The Labute approximate surface area is 399 Å². The summed E-state index contributed by atoms with van der Waals surface area (Å²) in [7, 11) is 0. The van der Waals surface area contributed by atoms with Gasteiger partial charge in [0.1, 0.15) is 0 Å². The molecule has 2 aliphatic rings. The number of rotatable bonds is 8. The molecule has 69 heavy (non-hydrogen) atoms. The van der Waals surface area contributed by atoms with Crippen molar-refractivity contribution >= 4 is 44.5 Å². The van der Waals surface area contributed by atoms with Gasteiger partial charge in [0.25, 0.3) is 0 Å². The lowest BCUT2D eigenvalue weighted by Gasteiger charge is -2.30. The lowest BCUT2D eigenvalue weighted by atomic mass is 9.90. The van der Waals surface area contributed by atoms with Gasteiger partial charge < -0.3 is 9.47 Å². The smallest absolute Gasteiger partial charge is 0.0963 e. The minimum Gasteiger partial charge on any atom is -0.308 e. The highest BCUT2D eigenvalue weighted by molar-refractivity contribution is 6.09. The number of anilines is 2. The van der Waals surface area contributed by atoms with Gasteiger partial charge in [0.05, 0.1) is 45.0 Å². The van der Waals surface area contributed by atoms with Crippen molar-refractivity contribution in [1.29, 1.82) is 0 Å². The zero-order valence-electron chi connectivity index (χ0n) is 37.3. The van der Waals surface area contributed by atoms with E-state index >= 15 is 0 Å². The van der Waals surface area contributed by atoms with Crippen molar-refractivity contribution in [2.24, 2.45) is 0 Å². The Morgan fingerprint density at radius 1 is 0.377 bits per heavy atom. The van der Waals surface area contributed by atoms with Crippen molar-refractivity contribution in [3.63, 3.8) is 0 Å². The van der Waals surface area contributed by atoms with Gasteiger partial charge in [-0.05, 0) is 137 Å². The molecule has 11 aromatic rings. The van der Waals surface area contributed by atoms with E-state index in [2.05, 4.69) is 191 Å². The number of allylic oxidation sites excluding steroid dienone is 4. The summed E-state index contributed by atoms with van der Waals surface area (Å²) in [5.74, 6) is 0. The van der Waals surface area contributed by atoms with Gasteiger partial charge in [0.15, 0.2) is 0 Å².